The number of aromatic nitrogens is 3. The third-order valence-electron chi connectivity index (χ3n) is 4.13. The molecule has 0 bridgehead atoms. The molecule has 3 aromatic rings. The zero-order valence-corrected chi connectivity index (χ0v) is 14.3. The number of rotatable bonds is 4. The van der Waals surface area contributed by atoms with Crippen molar-refractivity contribution >= 4 is 17.5 Å². The standard InChI is InChI=1S/C18H14ClFN4O2/c19-13-5-4-11(20)7-12(13)18-14-8-22-15(24(14)9-16(25)23-18)10-26-17-3-1-2-6-21-17/h1-8,18H,9-10H2,(H,23,25). The van der Waals surface area contributed by atoms with E-state index < -0.39 is 11.9 Å². The molecule has 0 aliphatic carbocycles. The van der Waals surface area contributed by atoms with Gasteiger partial charge in [-0.3, -0.25) is 4.79 Å². The Labute approximate surface area is 153 Å². The van der Waals surface area contributed by atoms with Gasteiger partial charge in [-0.15, -0.1) is 0 Å². The van der Waals surface area contributed by atoms with Gasteiger partial charge in [0, 0.05) is 22.8 Å². The lowest BCUT2D eigenvalue weighted by molar-refractivity contribution is -0.123. The quantitative estimate of drug-likeness (QED) is 0.764. The lowest BCUT2D eigenvalue weighted by Crippen LogP contribution is -2.39. The maximum atomic E-state index is 13.7. The summed E-state index contributed by atoms with van der Waals surface area (Å²) in [4.78, 5) is 20.6. The number of amides is 1. The molecule has 132 valence electrons. The van der Waals surface area contributed by atoms with Crippen molar-refractivity contribution in [3.05, 3.63) is 76.7 Å². The van der Waals surface area contributed by atoms with Crippen LogP contribution in [-0.4, -0.2) is 20.4 Å². The van der Waals surface area contributed by atoms with E-state index in [2.05, 4.69) is 15.3 Å². The van der Waals surface area contributed by atoms with Crippen molar-refractivity contribution < 1.29 is 13.9 Å². The predicted molar refractivity (Wildman–Crippen MR) is 92.2 cm³/mol. The van der Waals surface area contributed by atoms with Crippen LogP contribution in [0.3, 0.4) is 0 Å². The highest BCUT2D eigenvalue weighted by Crippen LogP contribution is 2.31. The van der Waals surface area contributed by atoms with Crippen molar-refractivity contribution in [1.82, 2.24) is 19.9 Å². The largest absolute Gasteiger partial charge is 0.469 e. The molecule has 0 radical (unpaired) electrons. The molecule has 0 saturated heterocycles. The Hall–Kier alpha value is -2.93. The van der Waals surface area contributed by atoms with Gasteiger partial charge >= 0.3 is 0 Å². The SMILES string of the molecule is O=C1Cn2c(cnc2COc2ccccn2)C(c2cc(F)ccc2Cl)N1. The molecule has 1 amide bonds. The Morgan fingerprint density at radius 3 is 3.00 bits per heavy atom. The van der Waals surface area contributed by atoms with Crippen LogP contribution in [0.1, 0.15) is 23.1 Å². The molecule has 6 nitrogen and oxygen atoms in total. The minimum absolute atomic E-state index is 0.111. The first kappa shape index (κ1) is 16.5. The summed E-state index contributed by atoms with van der Waals surface area (Å²) in [5.41, 5.74) is 1.20. The monoisotopic (exact) mass is 372 g/mol. The van der Waals surface area contributed by atoms with Crippen molar-refractivity contribution in [2.75, 3.05) is 0 Å². The molecule has 0 spiro atoms. The first-order valence-electron chi connectivity index (χ1n) is 7.94. The molecule has 0 fully saturated rings. The van der Waals surface area contributed by atoms with Crippen LogP contribution in [0, 0.1) is 5.82 Å². The summed E-state index contributed by atoms with van der Waals surface area (Å²) in [5, 5.41) is 3.21. The maximum Gasteiger partial charge on any atom is 0.240 e. The van der Waals surface area contributed by atoms with Crippen molar-refractivity contribution in [1.29, 1.82) is 0 Å². The Morgan fingerprint density at radius 2 is 2.19 bits per heavy atom. The smallest absolute Gasteiger partial charge is 0.240 e. The molecule has 26 heavy (non-hydrogen) atoms. The molecular weight excluding hydrogens is 359 g/mol. The van der Waals surface area contributed by atoms with Gasteiger partial charge < -0.3 is 14.6 Å². The second-order valence-electron chi connectivity index (χ2n) is 5.81. The molecule has 1 aliphatic rings. The summed E-state index contributed by atoms with van der Waals surface area (Å²) in [6.07, 6.45) is 3.27. The van der Waals surface area contributed by atoms with Gasteiger partial charge in [0.2, 0.25) is 11.8 Å². The Balaban J connectivity index is 1.65. The Morgan fingerprint density at radius 1 is 1.31 bits per heavy atom. The van der Waals surface area contributed by atoms with Crippen LogP contribution in [0.25, 0.3) is 0 Å². The molecular formula is C18H14ClFN4O2. The molecule has 8 heteroatoms. The topological polar surface area (TPSA) is 69.0 Å². The first-order valence-corrected chi connectivity index (χ1v) is 8.32. The van der Waals surface area contributed by atoms with Crippen LogP contribution in [-0.2, 0) is 17.9 Å². The van der Waals surface area contributed by atoms with E-state index in [4.69, 9.17) is 16.3 Å². The summed E-state index contributed by atoms with van der Waals surface area (Å²) in [7, 11) is 0. The van der Waals surface area contributed by atoms with Crippen molar-refractivity contribution in [2.24, 2.45) is 0 Å². The molecule has 1 aliphatic heterocycles. The third-order valence-corrected chi connectivity index (χ3v) is 4.47. The van der Waals surface area contributed by atoms with Crippen LogP contribution in [0.15, 0.2) is 48.8 Å². The molecule has 1 N–H and O–H groups in total. The zero-order valence-electron chi connectivity index (χ0n) is 13.5. The van der Waals surface area contributed by atoms with Crippen LogP contribution >= 0.6 is 11.6 Å². The molecule has 1 atom stereocenters. The van der Waals surface area contributed by atoms with Crippen molar-refractivity contribution in [3.8, 4) is 5.88 Å². The number of nitrogens with zero attached hydrogens (tertiary/aromatic N) is 3. The molecule has 0 saturated carbocycles. The number of hydrogen-bond acceptors (Lipinski definition) is 4. The molecule has 1 unspecified atom stereocenters. The van der Waals surface area contributed by atoms with Gasteiger partial charge in [0.05, 0.1) is 17.9 Å². The number of imidazole rings is 1. The predicted octanol–water partition coefficient (Wildman–Crippen LogP) is 2.87. The van der Waals surface area contributed by atoms with E-state index >= 15 is 0 Å². The van der Waals surface area contributed by atoms with Gasteiger partial charge in [0.15, 0.2) is 0 Å². The zero-order chi connectivity index (χ0) is 18.1. The van der Waals surface area contributed by atoms with Gasteiger partial charge in [-0.25, -0.2) is 14.4 Å². The number of carbonyl (C=O) groups excluding carboxylic acids is 1. The van der Waals surface area contributed by atoms with E-state index in [1.165, 1.54) is 18.2 Å². The van der Waals surface area contributed by atoms with E-state index in [0.717, 1.165) is 5.69 Å². The molecule has 4 rings (SSSR count). The Kier molecular flexibility index (Phi) is 4.30. The normalized spacial score (nSPS) is 16.1. The Bertz CT molecular complexity index is 961. The highest BCUT2D eigenvalue weighted by atomic mass is 35.5. The van der Waals surface area contributed by atoms with Gasteiger partial charge in [-0.2, -0.15) is 0 Å². The van der Waals surface area contributed by atoms with Crippen LogP contribution < -0.4 is 10.1 Å². The number of fused-ring (bicyclic) bond motifs is 1. The molecule has 1 aromatic carbocycles. The number of halogens is 2. The second kappa shape index (κ2) is 6.76. The number of pyridine rings is 1. The number of benzene rings is 1. The van der Waals surface area contributed by atoms with Crippen molar-refractivity contribution in [2.45, 2.75) is 19.2 Å². The van der Waals surface area contributed by atoms with Crippen LogP contribution in [0.4, 0.5) is 4.39 Å². The summed E-state index contributed by atoms with van der Waals surface area (Å²) in [6.45, 7) is 0.271. The molecule has 3 heterocycles. The maximum absolute atomic E-state index is 13.7. The lowest BCUT2D eigenvalue weighted by Gasteiger charge is -2.27. The fourth-order valence-corrected chi connectivity index (χ4v) is 3.15. The van der Waals surface area contributed by atoms with E-state index in [0.29, 0.717) is 22.3 Å². The summed E-state index contributed by atoms with van der Waals surface area (Å²) in [6, 6.07) is 8.84. The minimum Gasteiger partial charge on any atom is -0.469 e. The second-order valence-corrected chi connectivity index (χ2v) is 6.22. The summed E-state index contributed by atoms with van der Waals surface area (Å²) < 4.78 is 21.0. The number of carbonyl (C=O) groups is 1. The first-order chi connectivity index (χ1) is 12.6. The van der Waals surface area contributed by atoms with E-state index in [-0.39, 0.29) is 19.1 Å². The van der Waals surface area contributed by atoms with Crippen LogP contribution in [0.2, 0.25) is 5.02 Å². The number of hydrogen-bond donors (Lipinski definition) is 1. The van der Waals surface area contributed by atoms with Gasteiger partial charge in [0.1, 0.15) is 24.8 Å². The lowest BCUT2D eigenvalue weighted by atomic mass is 10.0. The van der Waals surface area contributed by atoms with E-state index in [1.807, 2.05) is 6.07 Å². The van der Waals surface area contributed by atoms with Gasteiger partial charge in [-0.1, -0.05) is 17.7 Å². The average Bonchev–Trinajstić information content (AvgIpc) is 3.05. The third kappa shape index (κ3) is 3.13. The van der Waals surface area contributed by atoms with Gasteiger partial charge in [-0.05, 0) is 24.3 Å². The minimum atomic E-state index is -0.574. The fourth-order valence-electron chi connectivity index (χ4n) is 2.93. The molecule has 2 aromatic heterocycles. The fraction of sp³-hybridized carbons (Fsp3) is 0.167. The van der Waals surface area contributed by atoms with Crippen LogP contribution in [0.5, 0.6) is 5.88 Å². The van der Waals surface area contributed by atoms with Crippen molar-refractivity contribution in [3.63, 3.8) is 0 Å². The summed E-state index contributed by atoms with van der Waals surface area (Å²) >= 11 is 6.21. The average molecular weight is 373 g/mol. The summed E-state index contributed by atoms with van der Waals surface area (Å²) in [5.74, 6) is 0.418. The number of ether oxygens (including phenoxy) is 1. The van der Waals surface area contributed by atoms with E-state index in [9.17, 15) is 9.18 Å². The van der Waals surface area contributed by atoms with Gasteiger partial charge in [0.25, 0.3) is 0 Å². The highest BCUT2D eigenvalue weighted by molar-refractivity contribution is 6.31. The van der Waals surface area contributed by atoms with E-state index in [1.54, 1.807) is 29.1 Å². The number of nitrogens with one attached hydrogen (secondary N) is 1. The highest BCUT2D eigenvalue weighted by Gasteiger charge is 2.30.